The second-order valence-corrected chi connectivity index (χ2v) is 8.49. The number of benzene rings is 3. The molecule has 0 saturated heterocycles. The van der Waals surface area contributed by atoms with Crippen molar-refractivity contribution in [2.75, 3.05) is 31.1 Å². The highest BCUT2D eigenvalue weighted by Crippen LogP contribution is 2.33. The fraction of sp³-hybridized carbons (Fsp3) is 0.231. The maximum absolute atomic E-state index is 14.3. The summed E-state index contributed by atoms with van der Waals surface area (Å²) in [6.07, 6.45) is 0. The van der Waals surface area contributed by atoms with Crippen molar-refractivity contribution in [3.05, 3.63) is 84.2 Å². The molecule has 0 unspecified atom stereocenters. The lowest BCUT2D eigenvalue weighted by Gasteiger charge is -2.25. The Hall–Kier alpha value is -3.29. The lowest BCUT2D eigenvalue weighted by atomic mass is 10.1. The smallest absolute Gasteiger partial charge is 0.263 e. The predicted molar refractivity (Wildman–Crippen MR) is 132 cm³/mol. The van der Waals surface area contributed by atoms with Crippen molar-refractivity contribution in [2.45, 2.75) is 13.8 Å². The maximum atomic E-state index is 14.3. The Morgan fingerprint density at radius 1 is 0.939 bits per heavy atom. The average molecular weight is 464 g/mol. The molecule has 0 N–H and O–H groups in total. The molecule has 0 aliphatic rings. The molecule has 0 bridgehead atoms. The van der Waals surface area contributed by atoms with E-state index in [1.807, 2.05) is 48.5 Å². The summed E-state index contributed by atoms with van der Waals surface area (Å²) in [5, 5.41) is 0.474. The molecule has 0 aliphatic heterocycles. The first-order valence-electron chi connectivity index (χ1n) is 11.0. The second kappa shape index (κ2) is 10.6. The number of aromatic nitrogens is 1. The van der Waals surface area contributed by atoms with Crippen LogP contribution in [0.2, 0.25) is 0 Å². The minimum atomic E-state index is -0.390. The number of thiazole rings is 1. The van der Waals surface area contributed by atoms with E-state index < -0.39 is 0 Å². The average Bonchev–Trinajstić information content (AvgIpc) is 3.28. The van der Waals surface area contributed by atoms with E-state index >= 15 is 0 Å². The maximum Gasteiger partial charge on any atom is 0.263 e. The van der Waals surface area contributed by atoms with Crippen molar-refractivity contribution in [1.82, 2.24) is 9.88 Å². The number of hydrogen-bond acceptors (Lipinski definition) is 5. The summed E-state index contributed by atoms with van der Waals surface area (Å²) in [7, 11) is 0. The van der Waals surface area contributed by atoms with Crippen LogP contribution in [0.4, 0.5) is 9.52 Å². The van der Waals surface area contributed by atoms with Gasteiger partial charge in [0.2, 0.25) is 0 Å². The highest BCUT2D eigenvalue weighted by Gasteiger charge is 2.25. The molecule has 4 rings (SSSR count). The molecule has 0 spiro atoms. The van der Waals surface area contributed by atoms with E-state index in [-0.39, 0.29) is 17.2 Å². The number of hydrogen-bond donors (Lipinski definition) is 0. The molecule has 1 heterocycles. The Morgan fingerprint density at radius 2 is 1.67 bits per heavy atom. The summed E-state index contributed by atoms with van der Waals surface area (Å²) < 4.78 is 21.1. The number of carbonyl (C=O) groups excluding carboxylic acids is 1. The molecular formula is C26H26FN3O2S. The van der Waals surface area contributed by atoms with Gasteiger partial charge in [0.05, 0.1) is 10.3 Å². The quantitative estimate of drug-likeness (QED) is 0.296. The number of rotatable bonds is 9. The van der Waals surface area contributed by atoms with Gasteiger partial charge in [-0.15, -0.1) is 0 Å². The lowest BCUT2D eigenvalue weighted by molar-refractivity contribution is 0.0981. The van der Waals surface area contributed by atoms with E-state index in [9.17, 15) is 9.18 Å². The normalized spacial score (nSPS) is 11.2. The van der Waals surface area contributed by atoms with Gasteiger partial charge in [-0.25, -0.2) is 9.37 Å². The van der Waals surface area contributed by atoms with Gasteiger partial charge in [-0.3, -0.25) is 9.69 Å². The van der Waals surface area contributed by atoms with E-state index in [1.165, 1.54) is 17.4 Å². The molecule has 0 radical (unpaired) electrons. The lowest BCUT2D eigenvalue weighted by Crippen LogP contribution is -2.39. The molecule has 0 atom stereocenters. The molecule has 0 aliphatic carbocycles. The number of ether oxygens (including phenoxy) is 1. The van der Waals surface area contributed by atoms with E-state index in [1.54, 1.807) is 23.1 Å². The van der Waals surface area contributed by atoms with Crippen molar-refractivity contribution >= 4 is 32.6 Å². The highest BCUT2D eigenvalue weighted by molar-refractivity contribution is 7.22. The number of carbonyl (C=O) groups is 1. The summed E-state index contributed by atoms with van der Waals surface area (Å²) in [6, 6.07) is 21.4. The Bertz CT molecular complexity index is 1220. The van der Waals surface area contributed by atoms with Crippen LogP contribution in [0.5, 0.6) is 11.5 Å². The zero-order valence-electron chi connectivity index (χ0n) is 18.7. The fourth-order valence-electron chi connectivity index (χ4n) is 3.58. The first-order valence-corrected chi connectivity index (χ1v) is 11.8. The van der Waals surface area contributed by atoms with Crippen LogP contribution in [-0.2, 0) is 0 Å². The van der Waals surface area contributed by atoms with Gasteiger partial charge in [0.25, 0.3) is 5.91 Å². The molecule has 4 aromatic rings. The van der Waals surface area contributed by atoms with Crippen LogP contribution in [0.15, 0.2) is 72.8 Å². The molecule has 3 aromatic carbocycles. The summed E-state index contributed by atoms with van der Waals surface area (Å²) in [5.41, 5.74) is 0.715. The summed E-state index contributed by atoms with van der Waals surface area (Å²) in [4.78, 5) is 22.2. The number of halogens is 1. The Balaban J connectivity index is 1.71. The van der Waals surface area contributed by atoms with Crippen molar-refractivity contribution in [3.8, 4) is 11.5 Å². The van der Waals surface area contributed by atoms with E-state index in [0.717, 1.165) is 13.1 Å². The van der Waals surface area contributed by atoms with E-state index in [0.29, 0.717) is 40.0 Å². The van der Waals surface area contributed by atoms with Crippen LogP contribution in [0.25, 0.3) is 10.2 Å². The van der Waals surface area contributed by atoms with Gasteiger partial charge in [-0.05, 0) is 49.5 Å². The number of nitrogens with zero attached hydrogens (tertiary/aromatic N) is 3. The van der Waals surface area contributed by atoms with Gasteiger partial charge in [0.15, 0.2) is 5.13 Å². The predicted octanol–water partition coefficient (Wildman–Crippen LogP) is 6.22. The Kier molecular flexibility index (Phi) is 7.32. The zero-order chi connectivity index (χ0) is 23.2. The number of fused-ring (bicyclic) bond motifs is 1. The van der Waals surface area contributed by atoms with Gasteiger partial charge < -0.3 is 9.64 Å². The topological polar surface area (TPSA) is 45.7 Å². The Labute approximate surface area is 197 Å². The van der Waals surface area contributed by atoms with Gasteiger partial charge >= 0.3 is 0 Å². The van der Waals surface area contributed by atoms with Gasteiger partial charge in [0.1, 0.15) is 22.8 Å². The van der Waals surface area contributed by atoms with Crippen molar-refractivity contribution < 1.29 is 13.9 Å². The van der Waals surface area contributed by atoms with Crippen molar-refractivity contribution in [1.29, 1.82) is 0 Å². The van der Waals surface area contributed by atoms with Crippen molar-refractivity contribution in [2.24, 2.45) is 0 Å². The third-order valence-corrected chi connectivity index (χ3v) is 6.50. The first-order chi connectivity index (χ1) is 16.1. The molecule has 33 heavy (non-hydrogen) atoms. The summed E-state index contributed by atoms with van der Waals surface area (Å²) in [5.74, 6) is 0.496. The van der Waals surface area contributed by atoms with E-state index in [2.05, 4.69) is 23.7 Å². The van der Waals surface area contributed by atoms with E-state index in [4.69, 9.17) is 4.74 Å². The standard InChI is InChI=1S/C26H26FN3O2S/c1-3-29(4-2)17-18-30(26-28-24-21(27)14-10-16-23(24)33-26)25(31)20-13-8-9-15-22(20)32-19-11-6-5-7-12-19/h5-16H,3-4,17-18H2,1-2H3. The molecule has 170 valence electrons. The number of anilines is 1. The monoisotopic (exact) mass is 463 g/mol. The number of para-hydroxylation sites is 3. The van der Waals surface area contributed by atoms with Crippen molar-refractivity contribution in [3.63, 3.8) is 0 Å². The molecule has 5 nitrogen and oxygen atoms in total. The summed E-state index contributed by atoms with van der Waals surface area (Å²) in [6.45, 7) is 7.04. The number of likely N-dealkylation sites (N-methyl/N-ethyl adjacent to an activating group) is 1. The molecule has 1 amide bonds. The van der Waals surface area contributed by atoms with Crippen LogP contribution in [0.1, 0.15) is 24.2 Å². The largest absolute Gasteiger partial charge is 0.457 e. The third kappa shape index (κ3) is 5.21. The first kappa shape index (κ1) is 22.9. The molecular weight excluding hydrogens is 437 g/mol. The summed E-state index contributed by atoms with van der Waals surface area (Å²) >= 11 is 1.31. The SMILES string of the molecule is CCN(CC)CCN(C(=O)c1ccccc1Oc1ccccc1)c1nc2c(F)cccc2s1. The minimum absolute atomic E-state index is 0.229. The third-order valence-electron chi connectivity index (χ3n) is 5.46. The van der Waals surface area contributed by atoms with Gasteiger partial charge in [-0.2, -0.15) is 0 Å². The van der Waals surface area contributed by atoms with Crippen LogP contribution < -0.4 is 9.64 Å². The zero-order valence-corrected chi connectivity index (χ0v) is 19.5. The minimum Gasteiger partial charge on any atom is -0.457 e. The van der Waals surface area contributed by atoms with Crippen LogP contribution in [0.3, 0.4) is 0 Å². The molecule has 0 saturated carbocycles. The fourth-order valence-corrected chi connectivity index (χ4v) is 4.58. The molecule has 1 aromatic heterocycles. The second-order valence-electron chi connectivity index (χ2n) is 7.48. The number of amides is 1. The van der Waals surface area contributed by atoms with Crippen LogP contribution in [-0.4, -0.2) is 42.0 Å². The van der Waals surface area contributed by atoms with Gasteiger partial charge in [-0.1, -0.05) is 61.6 Å². The molecule has 0 fully saturated rings. The molecule has 7 heteroatoms. The van der Waals surface area contributed by atoms with Crippen LogP contribution in [0, 0.1) is 5.82 Å². The highest BCUT2D eigenvalue weighted by atomic mass is 32.1. The van der Waals surface area contributed by atoms with Gasteiger partial charge in [0, 0.05) is 13.1 Å². The Morgan fingerprint density at radius 3 is 2.39 bits per heavy atom. The van der Waals surface area contributed by atoms with Crippen LogP contribution >= 0.6 is 11.3 Å².